The average Bonchev–Trinajstić information content (AvgIpc) is 3.04. The highest BCUT2D eigenvalue weighted by Gasteiger charge is 2.56. The van der Waals surface area contributed by atoms with Crippen LogP contribution in [-0.4, -0.2) is 34.3 Å². The Bertz CT molecular complexity index is 369. The minimum absolute atomic E-state index is 0.168. The second-order valence-electron chi connectivity index (χ2n) is 4.22. The number of hydrogen-bond donors (Lipinski definition) is 2. The molecule has 4 amide bonds. The van der Waals surface area contributed by atoms with Gasteiger partial charge in [0.2, 0.25) is 0 Å². The summed E-state index contributed by atoms with van der Waals surface area (Å²) in [4.78, 5) is 34.5. The van der Waals surface area contributed by atoms with E-state index in [2.05, 4.69) is 10.7 Å². The van der Waals surface area contributed by atoms with Crippen molar-refractivity contribution in [2.45, 2.75) is 25.3 Å². The third kappa shape index (κ3) is 1.63. The first kappa shape index (κ1) is 11.2. The second-order valence-corrected chi connectivity index (χ2v) is 4.48. The number of rotatable bonds is 3. The van der Waals surface area contributed by atoms with Crippen molar-refractivity contribution < 1.29 is 14.4 Å². The summed E-state index contributed by atoms with van der Waals surface area (Å²) < 4.78 is 0. The SMILES string of the molecule is CC1(C2CC2)NC(=O)N(NC(=O)CCl)C1=O. The quantitative estimate of drug-likeness (QED) is 0.542. The fourth-order valence-electron chi connectivity index (χ4n) is 1.85. The lowest BCUT2D eigenvalue weighted by molar-refractivity contribution is -0.138. The summed E-state index contributed by atoms with van der Waals surface area (Å²) >= 11 is 5.29. The van der Waals surface area contributed by atoms with Gasteiger partial charge in [-0.25, -0.2) is 4.79 Å². The van der Waals surface area contributed by atoms with Crippen LogP contribution in [0.1, 0.15) is 19.8 Å². The first-order chi connectivity index (χ1) is 7.49. The van der Waals surface area contributed by atoms with Gasteiger partial charge in [-0.1, -0.05) is 0 Å². The summed E-state index contributed by atoms with van der Waals surface area (Å²) in [7, 11) is 0. The van der Waals surface area contributed by atoms with E-state index in [1.165, 1.54) is 0 Å². The number of urea groups is 1. The average molecular weight is 246 g/mol. The van der Waals surface area contributed by atoms with E-state index in [1.807, 2.05) is 0 Å². The summed E-state index contributed by atoms with van der Waals surface area (Å²) in [6.45, 7) is 1.68. The summed E-state index contributed by atoms with van der Waals surface area (Å²) in [5.74, 6) is -1.12. The molecule has 0 spiro atoms. The van der Waals surface area contributed by atoms with Crippen LogP contribution < -0.4 is 10.7 Å². The van der Waals surface area contributed by atoms with Crippen molar-refractivity contribution in [1.29, 1.82) is 0 Å². The Hall–Kier alpha value is -1.30. The Kier molecular flexibility index (Phi) is 2.53. The normalized spacial score (nSPS) is 29.2. The number of halogens is 1. The number of hydrogen-bond acceptors (Lipinski definition) is 3. The van der Waals surface area contributed by atoms with E-state index in [4.69, 9.17) is 11.6 Å². The maximum absolute atomic E-state index is 12.0. The Morgan fingerprint density at radius 3 is 2.75 bits per heavy atom. The highest BCUT2D eigenvalue weighted by atomic mass is 35.5. The second kappa shape index (κ2) is 3.62. The monoisotopic (exact) mass is 245 g/mol. The van der Waals surface area contributed by atoms with Crippen molar-refractivity contribution in [3.8, 4) is 0 Å². The molecule has 6 nitrogen and oxygen atoms in total. The standard InChI is InChI=1S/C9H12ClN3O3/c1-9(5-2-3-5)7(15)13(8(16)11-9)12-6(14)4-10/h5H,2-4H2,1H3,(H,11,16)(H,12,14). The number of alkyl halides is 1. The van der Waals surface area contributed by atoms with Gasteiger partial charge >= 0.3 is 6.03 Å². The maximum atomic E-state index is 12.0. The van der Waals surface area contributed by atoms with Crippen molar-refractivity contribution in [1.82, 2.24) is 15.8 Å². The fraction of sp³-hybridized carbons (Fsp3) is 0.667. The molecule has 2 aliphatic rings. The van der Waals surface area contributed by atoms with E-state index < -0.39 is 23.4 Å². The lowest BCUT2D eigenvalue weighted by Gasteiger charge is -2.20. The predicted molar refractivity (Wildman–Crippen MR) is 55.4 cm³/mol. The molecular formula is C9H12ClN3O3. The number of amides is 4. The van der Waals surface area contributed by atoms with Crippen molar-refractivity contribution in [2.24, 2.45) is 5.92 Å². The highest BCUT2D eigenvalue weighted by molar-refractivity contribution is 6.27. The molecule has 2 N–H and O–H groups in total. The smallest absolute Gasteiger partial charge is 0.322 e. The number of hydrazine groups is 1. The van der Waals surface area contributed by atoms with Crippen LogP contribution in [-0.2, 0) is 9.59 Å². The lowest BCUT2D eigenvalue weighted by Crippen LogP contribution is -2.50. The van der Waals surface area contributed by atoms with Crippen molar-refractivity contribution >= 4 is 29.4 Å². The minimum atomic E-state index is -0.878. The van der Waals surface area contributed by atoms with Gasteiger partial charge < -0.3 is 5.32 Å². The largest absolute Gasteiger partial charge is 0.344 e. The van der Waals surface area contributed by atoms with Gasteiger partial charge in [0.1, 0.15) is 11.4 Å². The number of nitrogens with one attached hydrogen (secondary N) is 2. The molecule has 1 aliphatic heterocycles. The van der Waals surface area contributed by atoms with Gasteiger partial charge in [-0.15, -0.1) is 11.6 Å². The van der Waals surface area contributed by atoms with E-state index in [1.54, 1.807) is 6.92 Å². The van der Waals surface area contributed by atoms with Gasteiger partial charge in [0.05, 0.1) is 0 Å². The zero-order valence-electron chi connectivity index (χ0n) is 8.75. The molecule has 1 unspecified atom stereocenters. The van der Waals surface area contributed by atoms with E-state index in [9.17, 15) is 14.4 Å². The molecule has 7 heteroatoms. The molecule has 0 radical (unpaired) electrons. The van der Waals surface area contributed by atoms with Crippen LogP contribution in [0.25, 0.3) is 0 Å². The van der Waals surface area contributed by atoms with Crippen LogP contribution in [0.3, 0.4) is 0 Å². The van der Waals surface area contributed by atoms with Crippen LogP contribution in [0.5, 0.6) is 0 Å². The topological polar surface area (TPSA) is 78.5 Å². The van der Waals surface area contributed by atoms with Gasteiger partial charge in [0, 0.05) is 0 Å². The van der Waals surface area contributed by atoms with Gasteiger partial charge in [-0.3, -0.25) is 15.0 Å². The molecule has 0 aromatic rings. The molecule has 1 saturated carbocycles. The van der Waals surface area contributed by atoms with Crippen LogP contribution in [0, 0.1) is 5.92 Å². The van der Waals surface area contributed by atoms with E-state index in [0.29, 0.717) is 5.01 Å². The Labute approximate surface area is 97.3 Å². The van der Waals surface area contributed by atoms with Crippen LogP contribution in [0.4, 0.5) is 4.79 Å². The van der Waals surface area contributed by atoms with Gasteiger partial charge in [0.25, 0.3) is 11.8 Å². The molecular weight excluding hydrogens is 234 g/mol. The highest BCUT2D eigenvalue weighted by Crippen LogP contribution is 2.42. The Morgan fingerprint density at radius 2 is 2.25 bits per heavy atom. The van der Waals surface area contributed by atoms with E-state index >= 15 is 0 Å². The number of carbonyl (C=O) groups is 3. The molecule has 2 rings (SSSR count). The van der Waals surface area contributed by atoms with Gasteiger partial charge in [-0.2, -0.15) is 5.01 Å². The molecule has 16 heavy (non-hydrogen) atoms. The first-order valence-corrected chi connectivity index (χ1v) is 5.54. The molecule has 1 heterocycles. The summed E-state index contributed by atoms with van der Waals surface area (Å²) in [5, 5.41) is 3.31. The summed E-state index contributed by atoms with van der Waals surface area (Å²) in [6, 6.07) is -0.599. The zero-order valence-corrected chi connectivity index (χ0v) is 9.50. The Morgan fingerprint density at radius 1 is 1.62 bits per heavy atom. The summed E-state index contributed by atoms with van der Waals surface area (Å²) in [6.07, 6.45) is 1.83. The molecule has 1 saturated heterocycles. The van der Waals surface area contributed by atoms with Crippen molar-refractivity contribution in [3.05, 3.63) is 0 Å². The molecule has 2 fully saturated rings. The van der Waals surface area contributed by atoms with E-state index in [0.717, 1.165) is 12.8 Å². The number of carbonyl (C=O) groups excluding carboxylic acids is 3. The predicted octanol–water partition coefficient (Wildman–Crippen LogP) is -0.0231. The zero-order chi connectivity index (χ0) is 11.9. The number of nitrogens with zero attached hydrogens (tertiary/aromatic N) is 1. The number of imide groups is 1. The molecule has 0 bridgehead atoms. The summed E-state index contributed by atoms with van der Waals surface area (Å²) in [5.41, 5.74) is 1.29. The van der Waals surface area contributed by atoms with E-state index in [-0.39, 0.29) is 11.8 Å². The third-order valence-corrected chi connectivity index (χ3v) is 3.21. The van der Waals surface area contributed by atoms with Crippen LogP contribution in [0.15, 0.2) is 0 Å². The lowest BCUT2D eigenvalue weighted by atomic mass is 9.96. The van der Waals surface area contributed by atoms with Gasteiger partial charge in [-0.05, 0) is 25.7 Å². The van der Waals surface area contributed by atoms with Crippen LogP contribution in [0.2, 0.25) is 0 Å². The fourth-order valence-corrected chi connectivity index (χ4v) is 1.91. The van der Waals surface area contributed by atoms with Crippen molar-refractivity contribution in [3.63, 3.8) is 0 Å². The van der Waals surface area contributed by atoms with Crippen molar-refractivity contribution in [2.75, 3.05) is 5.88 Å². The van der Waals surface area contributed by atoms with Gasteiger partial charge in [0.15, 0.2) is 0 Å². The molecule has 1 aliphatic carbocycles. The molecule has 1 atom stereocenters. The minimum Gasteiger partial charge on any atom is -0.322 e. The maximum Gasteiger partial charge on any atom is 0.344 e. The molecule has 0 aromatic carbocycles. The Balaban J connectivity index is 2.13. The molecule has 0 aromatic heterocycles. The molecule has 88 valence electrons. The third-order valence-electron chi connectivity index (χ3n) is 2.97. The first-order valence-electron chi connectivity index (χ1n) is 5.01. The van der Waals surface area contributed by atoms with Crippen LogP contribution >= 0.6 is 11.6 Å².